The summed E-state index contributed by atoms with van der Waals surface area (Å²) in [6.45, 7) is 0. The van der Waals surface area contributed by atoms with Crippen molar-refractivity contribution < 1.29 is 4.79 Å². The van der Waals surface area contributed by atoms with E-state index in [2.05, 4.69) is 40.2 Å². The van der Waals surface area contributed by atoms with Crippen LogP contribution in [0.1, 0.15) is 15.9 Å². The standard InChI is InChI=1S/C21H13BrO/c22-18-10-7-15(8-11-18)21(23)17-9-12-20-16(13-17)6-5-14-3-1-2-4-19(14)20/h1-13H. The Labute approximate surface area is 142 Å². The van der Waals surface area contributed by atoms with Gasteiger partial charge in [-0.15, -0.1) is 0 Å². The highest BCUT2D eigenvalue weighted by molar-refractivity contribution is 9.10. The lowest BCUT2D eigenvalue weighted by atomic mass is 9.97. The van der Waals surface area contributed by atoms with E-state index in [1.54, 1.807) is 0 Å². The second-order valence-electron chi connectivity index (χ2n) is 5.56. The Bertz CT molecular complexity index is 1030. The van der Waals surface area contributed by atoms with Gasteiger partial charge in [0.05, 0.1) is 0 Å². The molecule has 0 amide bonds. The third-order valence-corrected chi connectivity index (χ3v) is 4.64. The SMILES string of the molecule is O=C(c1ccc(Br)cc1)c1ccc2c(ccc3ccccc32)c1. The Morgan fingerprint density at radius 3 is 2.13 bits per heavy atom. The molecule has 2 heteroatoms. The van der Waals surface area contributed by atoms with Crippen LogP contribution in [0, 0.1) is 0 Å². The smallest absolute Gasteiger partial charge is 0.193 e. The number of fused-ring (bicyclic) bond motifs is 3. The molecule has 0 unspecified atom stereocenters. The molecular weight excluding hydrogens is 348 g/mol. The van der Waals surface area contributed by atoms with Gasteiger partial charge < -0.3 is 0 Å². The van der Waals surface area contributed by atoms with Gasteiger partial charge in [-0.2, -0.15) is 0 Å². The summed E-state index contributed by atoms with van der Waals surface area (Å²) < 4.78 is 0.971. The van der Waals surface area contributed by atoms with E-state index in [0.717, 1.165) is 15.4 Å². The molecule has 4 aromatic rings. The topological polar surface area (TPSA) is 17.1 Å². The van der Waals surface area contributed by atoms with Crippen molar-refractivity contribution in [3.8, 4) is 0 Å². The van der Waals surface area contributed by atoms with E-state index in [-0.39, 0.29) is 5.78 Å². The highest BCUT2D eigenvalue weighted by atomic mass is 79.9. The van der Waals surface area contributed by atoms with Gasteiger partial charge in [0.25, 0.3) is 0 Å². The zero-order valence-corrected chi connectivity index (χ0v) is 13.9. The van der Waals surface area contributed by atoms with E-state index >= 15 is 0 Å². The van der Waals surface area contributed by atoms with E-state index in [1.807, 2.05) is 54.6 Å². The fourth-order valence-corrected chi connectivity index (χ4v) is 3.19. The summed E-state index contributed by atoms with van der Waals surface area (Å²) >= 11 is 3.40. The van der Waals surface area contributed by atoms with Crippen LogP contribution in [0.5, 0.6) is 0 Å². The fourth-order valence-electron chi connectivity index (χ4n) is 2.92. The Kier molecular flexibility index (Phi) is 3.47. The van der Waals surface area contributed by atoms with Crippen LogP contribution < -0.4 is 0 Å². The summed E-state index contributed by atoms with van der Waals surface area (Å²) in [6, 6.07) is 25.9. The first kappa shape index (κ1) is 14.2. The monoisotopic (exact) mass is 360 g/mol. The summed E-state index contributed by atoms with van der Waals surface area (Å²) in [5.41, 5.74) is 1.42. The number of benzene rings is 4. The van der Waals surface area contributed by atoms with E-state index in [0.29, 0.717) is 5.56 Å². The maximum atomic E-state index is 12.6. The van der Waals surface area contributed by atoms with Gasteiger partial charge in [0.2, 0.25) is 0 Å². The third kappa shape index (κ3) is 2.55. The molecule has 23 heavy (non-hydrogen) atoms. The molecule has 0 aliphatic heterocycles. The molecule has 0 saturated carbocycles. The van der Waals surface area contributed by atoms with E-state index in [4.69, 9.17) is 0 Å². The molecule has 110 valence electrons. The lowest BCUT2D eigenvalue weighted by molar-refractivity contribution is 0.103. The van der Waals surface area contributed by atoms with Crippen LogP contribution >= 0.6 is 15.9 Å². The zero-order chi connectivity index (χ0) is 15.8. The highest BCUT2D eigenvalue weighted by Crippen LogP contribution is 2.27. The molecule has 0 bridgehead atoms. The minimum atomic E-state index is 0.0487. The molecule has 4 rings (SSSR count). The predicted octanol–water partition coefficient (Wildman–Crippen LogP) is 5.99. The normalized spacial score (nSPS) is 11.0. The summed E-state index contributed by atoms with van der Waals surface area (Å²) in [7, 11) is 0. The molecule has 0 N–H and O–H groups in total. The van der Waals surface area contributed by atoms with Crippen molar-refractivity contribution in [2.24, 2.45) is 0 Å². The number of carbonyl (C=O) groups is 1. The van der Waals surface area contributed by atoms with Crippen LogP contribution in [0.25, 0.3) is 21.5 Å². The molecule has 1 nitrogen and oxygen atoms in total. The first-order valence-electron chi connectivity index (χ1n) is 7.44. The van der Waals surface area contributed by atoms with Gasteiger partial charge in [0.15, 0.2) is 5.78 Å². The molecule has 0 spiro atoms. The number of ketones is 1. The van der Waals surface area contributed by atoms with Gasteiger partial charge in [0, 0.05) is 15.6 Å². The molecule has 0 aliphatic carbocycles. The number of carbonyl (C=O) groups excluding carboxylic acids is 1. The van der Waals surface area contributed by atoms with E-state index in [1.165, 1.54) is 16.2 Å². The molecule has 0 fully saturated rings. The van der Waals surface area contributed by atoms with Gasteiger partial charge in [0.1, 0.15) is 0 Å². The quantitative estimate of drug-likeness (QED) is 0.317. The highest BCUT2D eigenvalue weighted by Gasteiger charge is 2.10. The Balaban J connectivity index is 1.84. The molecule has 0 heterocycles. The summed E-state index contributed by atoms with van der Waals surface area (Å²) in [5, 5.41) is 4.70. The van der Waals surface area contributed by atoms with Crippen LogP contribution in [0.15, 0.2) is 83.3 Å². The van der Waals surface area contributed by atoms with Crippen LogP contribution in [0.3, 0.4) is 0 Å². The lowest BCUT2D eigenvalue weighted by Gasteiger charge is -2.07. The fraction of sp³-hybridized carbons (Fsp3) is 0. The Hall–Kier alpha value is -2.45. The third-order valence-electron chi connectivity index (χ3n) is 4.11. The van der Waals surface area contributed by atoms with Gasteiger partial charge in [-0.3, -0.25) is 4.79 Å². The van der Waals surface area contributed by atoms with Crippen molar-refractivity contribution in [1.82, 2.24) is 0 Å². The number of hydrogen-bond acceptors (Lipinski definition) is 1. The second-order valence-corrected chi connectivity index (χ2v) is 6.47. The van der Waals surface area contributed by atoms with Crippen LogP contribution in [0.2, 0.25) is 0 Å². The Morgan fingerprint density at radius 2 is 1.30 bits per heavy atom. The second kappa shape index (κ2) is 5.64. The van der Waals surface area contributed by atoms with Gasteiger partial charge in [-0.1, -0.05) is 64.5 Å². The van der Waals surface area contributed by atoms with Gasteiger partial charge in [-0.25, -0.2) is 0 Å². The van der Waals surface area contributed by atoms with Crippen LogP contribution in [-0.2, 0) is 0 Å². The maximum Gasteiger partial charge on any atom is 0.193 e. The lowest BCUT2D eigenvalue weighted by Crippen LogP contribution is -2.00. The average molecular weight is 361 g/mol. The minimum Gasteiger partial charge on any atom is -0.289 e. The van der Waals surface area contributed by atoms with E-state index in [9.17, 15) is 4.79 Å². The largest absolute Gasteiger partial charge is 0.289 e. The van der Waals surface area contributed by atoms with Crippen molar-refractivity contribution in [3.05, 3.63) is 94.5 Å². The first-order chi connectivity index (χ1) is 11.2. The molecule has 0 saturated heterocycles. The number of halogens is 1. The summed E-state index contributed by atoms with van der Waals surface area (Å²) in [6.07, 6.45) is 0. The number of hydrogen-bond donors (Lipinski definition) is 0. The van der Waals surface area contributed by atoms with E-state index < -0.39 is 0 Å². The Morgan fingerprint density at radius 1 is 0.652 bits per heavy atom. The van der Waals surface area contributed by atoms with Crippen molar-refractivity contribution in [2.75, 3.05) is 0 Å². The predicted molar refractivity (Wildman–Crippen MR) is 99.0 cm³/mol. The van der Waals surface area contributed by atoms with Gasteiger partial charge >= 0.3 is 0 Å². The molecule has 0 aromatic heterocycles. The van der Waals surface area contributed by atoms with Crippen molar-refractivity contribution >= 4 is 43.3 Å². The van der Waals surface area contributed by atoms with Crippen LogP contribution in [-0.4, -0.2) is 5.78 Å². The van der Waals surface area contributed by atoms with Crippen LogP contribution in [0.4, 0.5) is 0 Å². The molecule has 4 aromatic carbocycles. The molecule has 0 aliphatic rings. The number of rotatable bonds is 2. The first-order valence-corrected chi connectivity index (χ1v) is 8.23. The van der Waals surface area contributed by atoms with Crippen molar-refractivity contribution in [2.45, 2.75) is 0 Å². The summed E-state index contributed by atoms with van der Waals surface area (Å²) in [4.78, 5) is 12.6. The maximum absolute atomic E-state index is 12.6. The van der Waals surface area contributed by atoms with Crippen molar-refractivity contribution in [1.29, 1.82) is 0 Å². The molecule has 0 atom stereocenters. The average Bonchev–Trinajstić information content (AvgIpc) is 2.61. The van der Waals surface area contributed by atoms with Gasteiger partial charge in [-0.05, 0) is 51.9 Å². The summed E-state index contributed by atoms with van der Waals surface area (Å²) in [5.74, 6) is 0.0487. The minimum absolute atomic E-state index is 0.0487. The molecular formula is C21H13BrO. The zero-order valence-electron chi connectivity index (χ0n) is 12.3. The molecule has 0 radical (unpaired) electrons. The van der Waals surface area contributed by atoms with Crippen molar-refractivity contribution in [3.63, 3.8) is 0 Å².